The van der Waals surface area contributed by atoms with E-state index < -0.39 is 5.91 Å². The summed E-state index contributed by atoms with van der Waals surface area (Å²) in [6.45, 7) is 1.64. The third kappa shape index (κ3) is 4.13. The van der Waals surface area contributed by atoms with E-state index in [2.05, 4.69) is 10.4 Å². The van der Waals surface area contributed by atoms with Crippen LogP contribution in [0.1, 0.15) is 16.1 Å². The second-order valence-corrected chi connectivity index (χ2v) is 7.46. The molecule has 0 radical (unpaired) electrons. The third-order valence-electron chi connectivity index (χ3n) is 4.96. The molecule has 0 saturated heterocycles. The number of aromatic nitrogens is 2. The number of anilines is 1. The van der Waals surface area contributed by atoms with Crippen LogP contribution in [0.5, 0.6) is 5.75 Å². The molecule has 0 aliphatic rings. The Kier molecular flexibility index (Phi) is 6.05. The van der Waals surface area contributed by atoms with Crippen molar-refractivity contribution in [3.05, 3.63) is 105 Å². The van der Waals surface area contributed by atoms with Crippen molar-refractivity contribution in [3.63, 3.8) is 0 Å². The fourth-order valence-electron chi connectivity index (χ4n) is 3.38. The Morgan fingerprint density at radius 1 is 1.00 bits per heavy atom. The molecule has 0 fully saturated rings. The van der Waals surface area contributed by atoms with Crippen LogP contribution in [0.15, 0.2) is 83.7 Å². The molecule has 1 N–H and O–H groups in total. The van der Waals surface area contributed by atoms with Crippen LogP contribution >= 0.6 is 11.6 Å². The van der Waals surface area contributed by atoms with Crippen LogP contribution in [-0.4, -0.2) is 22.8 Å². The number of ether oxygens (including phenoxy) is 1. The Balaban J connectivity index is 1.98. The number of halogens is 1. The number of hydrogen-bond donors (Lipinski definition) is 1. The number of benzene rings is 3. The van der Waals surface area contributed by atoms with Gasteiger partial charge in [0.15, 0.2) is 0 Å². The largest absolute Gasteiger partial charge is 0.497 e. The molecule has 6 nitrogen and oxygen atoms in total. The van der Waals surface area contributed by atoms with Gasteiger partial charge in [0.25, 0.3) is 5.91 Å². The molecule has 0 spiro atoms. The summed E-state index contributed by atoms with van der Waals surface area (Å²) < 4.78 is 6.89. The fraction of sp³-hybridized carbons (Fsp3) is 0.0800. The molecule has 0 aliphatic heterocycles. The van der Waals surface area contributed by atoms with Crippen LogP contribution in [0.25, 0.3) is 16.8 Å². The molecule has 1 heterocycles. The highest BCUT2D eigenvalue weighted by molar-refractivity contribution is 6.34. The summed E-state index contributed by atoms with van der Waals surface area (Å²) in [4.78, 5) is 26.4. The standard InChI is InChI=1S/C25H20ClN3O3/c1-16-23(30)22(17-9-8-12-19(15-17)32-2)24(29(28-16)18-10-4-3-5-11-18)27-25(31)20-13-6-7-14-21(20)26/h3-15H,1-2H3,(H,27,31). The van der Waals surface area contributed by atoms with Crippen molar-refractivity contribution < 1.29 is 9.53 Å². The van der Waals surface area contributed by atoms with Crippen LogP contribution in [-0.2, 0) is 0 Å². The molecule has 4 aromatic rings. The van der Waals surface area contributed by atoms with Crippen LogP contribution in [0.3, 0.4) is 0 Å². The van der Waals surface area contributed by atoms with E-state index >= 15 is 0 Å². The van der Waals surface area contributed by atoms with Crippen LogP contribution in [0.2, 0.25) is 5.02 Å². The molecule has 0 aliphatic carbocycles. The molecule has 1 amide bonds. The molecule has 0 saturated carbocycles. The molecule has 0 atom stereocenters. The SMILES string of the molecule is COc1cccc(-c2c(NC(=O)c3ccccc3Cl)n(-c3ccccc3)nc(C)c2=O)c1. The van der Waals surface area contributed by atoms with Crippen molar-refractivity contribution in [1.82, 2.24) is 9.78 Å². The van der Waals surface area contributed by atoms with Gasteiger partial charge in [0.2, 0.25) is 5.43 Å². The molecule has 0 unspecified atom stereocenters. The average Bonchev–Trinajstić information content (AvgIpc) is 2.82. The summed E-state index contributed by atoms with van der Waals surface area (Å²) in [5, 5.41) is 7.65. The van der Waals surface area contributed by atoms with Gasteiger partial charge in [-0.1, -0.05) is 54.1 Å². The first-order valence-corrected chi connectivity index (χ1v) is 10.3. The Hall–Kier alpha value is -3.90. The highest BCUT2D eigenvalue weighted by atomic mass is 35.5. The number of carbonyl (C=O) groups is 1. The lowest BCUT2D eigenvalue weighted by molar-refractivity contribution is 0.102. The Morgan fingerprint density at radius 3 is 2.44 bits per heavy atom. The van der Waals surface area contributed by atoms with Gasteiger partial charge in [-0.15, -0.1) is 0 Å². The Morgan fingerprint density at radius 2 is 1.72 bits per heavy atom. The lowest BCUT2D eigenvalue weighted by atomic mass is 10.0. The van der Waals surface area contributed by atoms with E-state index in [0.717, 1.165) is 0 Å². The minimum Gasteiger partial charge on any atom is -0.497 e. The summed E-state index contributed by atoms with van der Waals surface area (Å²) >= 11 is 6.23. The van der Waals surface area contributed by atoms with E-state index in [1.807, 2.05) is 30.3 Å². The third-order valence-corrected chi connectivity index (χ3v) is 5.29. The van der Waals surface area contributed by atoms with Gasteiger partial charge in [-0.3, -0.25) is 9.59 Å². The minimum absolute atomic E-state index is 0.241. The topological polar surface area (TPSA) is 73.2 Å². The van der Waals surface area contributed by atoms with Gasteiger partial charge < -0.3 is 10.1 Å². The lowest BCUT2D eigenvalue weighted by Gasteiger charge is -2.19. The maximum atomic E-state index is 13.3. The summed E-state index contributed by atoms with van der Waals surface area (Å²) in [6, 6.07) is 23.1. The zero-order valence-electron chi connectivity index (χ0n) is 17.5. The number of nitrogens with zero attached hydrogens (tertiary/aromatic N) is 2. The Bertz CT molecular complexity index is 1350. The van der Waals surface area contributed by atoms with Gasteiger partial charge in [-0.25, -0.2) is 4.68 Å². The van der Waals surface area contributed by atoms with E-state index in [1.165, 1.54) is 0 Å². The number of rotatable bonds is 5. The first-order valence-electron chi connectivity index (χ1n) is 9.89. The first kappa shape index (κ1) is 21.3. The molecule has 0 bridgehead atoms. The number of amides is 1. The molecular weight excluding hydrogens is 426 g/mol. The monoisotopic (exact) mass is 445 g/mol. The van der Waals surface area contributed by atoms with Crippen molar-refractivity contribution in [2.45, 2.75) is 6.92 Å². The number of nitrogens with one attached hydrogen (secondary N) is 1. The van der Waals surface area contributed by atoms with Gasteiger partial charge in [0.05, 0.1) is 28.9 Å². The predicted octanol–water partition coefficient (Wildman–Crippen LogP) is 5.12. The van der Waals surface area contributed by atoms with Crippen LogP contribution in [0, 0.1) is 6.92 Å². The van der Waals surface area contributed by atoms with Crippen LogP contribution in [0.4, 0.5) is 5.82 Å². The van der Waals surface area contributed by atoms with Crippen molar-refractivity contribution >= 4 is 23.3 Å². The fourth-order valence-corrected chi connectivity index (χ4v) is 3.60. The zero-order chi connectivity index (χ0) is 22.7. The average molecular weight is 446 g/mol. The van der Waals surface area contributed by atoms with Crippen molar-refractivity contribution in [2.75, 3.05) is 12.4 Å². The molecule has 4 rings (SSSR count). The summed E-state index contributed by atoms with van der Waals surface area (Å²) in [7, 11) is 1.55. The zero-order valence-corrected chi connectivity index (χ0v) is 18.3. The molecule has 32 heavy (non-hydrogen) atoms. The molecule has 7 heteroatoms. The summed E-state index contributed by atoms with van der Waals surface area (Å²) in [6.07, 6.45) is 0. The summed E-state index contributed by atoms with van der Waals surface area (Å²) in [5.74, 6) is 0.380. The van der Waals surface area contributed by atoms with E-state index in [1.54, 1.807) is 67.2 Å². The smallest absolute Gasteiger partial charge is 0.258 e. The van der Waals surface area contributed by atoms with E-state index in [4.69, 9.17) is 16.3 Å². The second kappa shape index (κ2) is 9.08. The molecule has 1 aromatic heterocycles. The number of aryl methyl sites for hydroxylation is 1. The van der Waals surface area contributed by atoms with Gasteiger partial charge in [-0.2, -0.15) is 5.10 Å². The molecule has 160 valence electrons. The van der Waals surface area contributed by atoms with E-state index in [9.17, 15) is 9.59 Å². The number of hydrogen-bond acceptors (Lipinski definition) is 4. The number of para-hydroxylation sites is 1. The van der Waals surface area contributed by atoms with Gasteiger partial charge in [0.1, 0.15) is 17.3 Å². The molecular formula is C25H20ClN3O3. The number of carbonyl (C=O) groups excluding carboxylic acids is 1. The predicted molar refractivity (Wildman–Crippen MR) is 126 cm³/mol. The highest BCUT2D eigenvalue weighted by Gasteiger charge is 2.22. The van der Waals surface area contributed by atoms with E-state index in [-0.39, 0.29) is 11.2 Å². The van der Waals surface area contributed by atoms with E-state index in [0.29, 0.717) is 38.8 Å². The summed E-state index contributed by atoms with van der Waals surface area (Å²) in [5.41, 5.74) is 1.88. The number of methoxy groups -OCH3 is 1. The maximum absolute atomic E-state index is 13.3. The first-order chi connectivity index (χ1) is 15.5. The van der Waals surface area contributed by atoms with Gasteiger partial charge >= 0.3 is 0 Å². The van der Waals surface area contributed by atoms with Crippen molar-refractivity contribution in [3.8, 4) is 22.6 Å². The van der Waals surface area contributed by atoms with Crippen molar-refractivity contribution in [1.29, 1.82) is 0 Å². The Labute approximate surface area is 190 Å². The van der Waals surface area contributed by atoms with Gasteiger partial charge in [0, 0.05) is 0 Å². The maximum Gasteiger partial charge on any atom is 0.258 e. The quantitative estimate of drug-likeness (QED) is 0.462. The van der Waals surface area contributed by atoms with Crippen LogP contribution < -0.4 is 15.5 Å². The van der Waals surface area contributed by atoms with Crippen molar-refractivity contribution in [2.24, 2.45) is 0 Å². The highest BCUT2D eigenvalue weighted by Crippen LogP contribution is 2.30. The molecule has 3 aromatic carbocycles. The second-order valence-electron chi connectivity index (χ2n) is 7.05. The minimum atomic E-state index is -0.450. The lowest BCUT2D eigenvalue weighted by Crippen LogP contribution is -2.25. The van der Waals surface area contributed by atoms with Gasteiger partial charge in [-0.05, 0) is 48.9 Å². The normalized spacial score (nSPS) is 10.6.